The number of sulfonamides is 1. The monoisotopic (exact) mass is 454 g/mol. The molecule has 3 rings (SSSR count). The van der Waals surface area contributed by atoms with Crippen molar-refractivity contribution in [1.82, 2.24) is 9.21 Å². The highest BCUT2D eigenvalue weighted by Gasteiger charge is 2.26. The lowest BCUT2D eigenvalue weighted by Crippen LogP contribution is -2.35. The van der Waals surface area contributed by atoms with Crippen LogP contribution in [0.15, 0.2) is 47.4 Å². The maximum Gasteiger partial charge on any atom is 0.260 e. The van der Waals surface area contributed by atoms with Crippen molar-refractivity contribution in [2.75, 3.05) is 26.7 Å². The second kappa shape index (κ2) is 9.76. The first-order valence-electron chi connectivity index (χ1n) is 9.69. The van der Waals surface area contributed by atoms with Crippen LogP contribution in [-0.4, -0.2) is 50.3 Å². The number of rotatable bonds is 7. The van der Waals surface area contributed by atoms with Crippen molar-refractivity contribution in [2.45, 2.75) is 30.7 Å². The molecule has 2 aromatic rings. The lowest BCUT2D eigenvalue weighted by atomic mass is 10.2. The van der Waals surface area contributed by atoms with E-state index in [2.05, 4.69) is 0 Å². The first-order chi connectivity index (χ1) is 14.3. The molecule has 0 aromatic heterocycles. The number of halogens is 2. The second-order valence-corrected chi connectivity index (χ2v) is 9.53. The molecule has 0 N–H and O–H groups in total. The minimum atomic E-state index is -3.60. The molecule has 0 aliphatic carbocycles. The van der Waals surface area contributed by atoms with E-state index >= 15 is 0 Å². The molecule has 6 nitrogen and oxygen atoms in total. The van der Waals surface area contributed by atoms with E-state index in [0.29, 0.717) is 18.7 Å². The highest BCUT2D eigenvalue weighted by molar-refractivity contribution is 7.89. The largest absolute Gasteiger partial charge is 0.482 e. The van der Waals surface area contributed by atoms with Gasteiger partial charge in [0.2, 0.25) is 10.0 Å². The first-order valence-corrected chi connectivity index (χ1v) is 11.5. The number of benzene rings is 2. The van der Waals surface area contributed by atoms with E-state index in [4.69, 9.17) is 16.3 Å². The summed E-state index contributed by atoms with van der Waals surface area (Å²) in [6.07, 6.45) is 2.71. The number of nitrogens with zero attached hydrogens (tertiary/aromatic N) is 2. The number of carbonyl (C=O) groups is 1. The Balaban J connectivity index is 1.62. The van der Waals surface area contributed by atoms with Gasteiger partial charge in [-0.15, -0.1) is 0 Å². The number of piperidine rings is 1. The SMILES string of the molecule is CN(Cc1ccccc1F)C(=O)COc1ccc(S(=O)(=O)N2CCCCC2)cc1Cl. The zero-order valence-corrected chi connectivity index (χ0v) is 18.3. The van der Waals surface area contributed by atoms with Crippen LogP contribution in [0.25, 0.3) is 0 Å². The molecule has 1 aliphatic heterocycles. The van der Waals surface area contributed by atoms with Crippen LogP contribution in [0.3, 0.4) is 0 Å². The summed E-state index contributed by atoms with van der Waals surface area (Å²) in [7, 11) is -2.05. The van der Waals surface area contributed by atoms with Crippen LogP contribution in [0.1, 0.15) is 24.8 Å². The third-order valence-corrected chi connectivity index (χ3v) is 7.19. The molecule has 1 amide bonds. The van der Waals surface area contributed by atoms with Crippen molar-refractivity contribution in [3.63, 3.8) is 0 Å². The standard InChI is InChI=1S/C21H24ClFN2O4S/c1-24(14-16-7-3-4-8-19(16)23)21(26)15-29-20-10-9-17(13-18(20)22)30(27,28)25-11-5-2-6-12-25/h3-4,7-10,13H,2,5-6,11-12,14-15H2,1H3. The normalized spacial score (nSPS) is 15.0. The lowest BCUT2D eigenvalue weighted by molar-refractivity contribution is -0.132. The fourth-order valence-electron chi connectivity index (χ4n) is 3.23. The van der Waals surface area contributed by atoms with E-state index in [-0.39, 0.29) is 40.5 Å². The van der Waals surface area contributed by atoms with Gasteiger partial charge in [-0.2, -0.15) is 4.31 Å². The zero-order chi connectivity index (χ0) is 21.7. The Morgan fingerprint density at radius 2 is 1.87 bits per heavy atom. The summed E-state index contributed by atoms with van der Waals surface area (Å²) in [4.78, 5) is 13.8. The molecule has 0 spiro atoms. The van der Waals surface area contributed by atoms with E-state index < -0.39 is 10.0 Å². The van der Waals surface area contributed by atoms with Crippen molar-refractivity contribution < 1.29 is 22.3 Å². The summed E-state index contributed by atoms with van der Waals surface area (Å²) in [6.45, 7) is 0.806. The summed E-state index contributed by atoms with van der Waals surface area (Å²) < 4.78 is 46.2. The van der Waals surface area contributed by atoms with Crippen LogP contribution in [0.5, 0.6) is 5.75 Å². The molecular formula is C21H24ClFN2O4S. The third-order valence-electron chi connectivity index (χ3n) is 5.00. The van der Waals surface area contributed by atoms with E-state index in [1.165, 1.54) is 33.5 Å². The molecular weight excluding hydrogens is 431 g/mol. The van der Waals surface area contributed by atoms with E-state index in [9.17, 15) is 17.6 Å². The smallest absolute Gasteiger partial charge is 0.260 e. The molecule has 0 bridgehead atoms. The van der Waals surface area contributed by atoms with E-state index in [1.807, 2.05) is 0 Å². The Morgan fingerprint density at radius 1 is 1.17 bits per heavy atom. The van der Waals surface area contributed by atoms with Crippen LogP contribution >= 0.6 is 11.6 Å². The van der Waals surface area contributed by atoms with Gasteiger partial charge in [0.25, 0.3) is 5.91 Å². The number of amides is 1. The molecule has 162 valence electrons. The fraction of sp³-hybridized carbons (Fsp3) is 0.381. The Labute approximate surface area is 181 Å². The van der Waals surface area contributed by atoms with Crippen LogP contribution in [0, 0.1) is 5.82 Å². The molecule has 30 heavy (non-hydrogen) atoms. The van der Waals surface area contributed by atoms with Gasteiger partial charge in [-0.05, 0) is 37.1 Å². The Kier molecular flexibility index (Phi) is 7.33. The minimum Gasteiger partial charge on any atom is -0.482 e. The summed E-state index contributed by atoms with van der Waals surface area (Å²) >= 11 is 6.21. The molecule has 1 heterocycles. The van der Waals surface area contributed by atoms with Gasteiger partial charge in [0, 0.05) is 32.2 Å². The number of ether oxygens (including phenoxy) is 1. The highest BCUT2D eigenvalue weighted by Crippen LogP contribution is 2.29. The predicted octanol–water partition coefficient (Wildman–Crippen LogP) is 3.69. The van der Waals surface area contributed by atoms with Crippen molar-refractivity contribution in [1.29, 1.82) is 0 Å². The third kappa shape index (κ3) is 5.30. The average molecular weight is 455 g/mol. The number of likely N-dealkylation sites (N-methyl/N-ethyl adjacent to an activating group) is 1. The summed E-state index contributed by atoms with van der Waals surface area (Å²) in [5.74, 6) is -0.534. The zero-order valence-electron chi connectivity index (χ0n) is 16.7. The molecule has 0 radical (unpaired) electrons. The summed E-state index contributed by atoms with van der Waals surface area (Å²) in [5.41, 5.74) is 0.402. The first kappa shape index (κ1) is 22.5. The van der Waals surface area contributed by atoms with Crippen molar-refractivity contribution >= 4 is 27.5 Å². The van der Waals surface area contributed by atoms with Crippen LogP contribution in [0.4, 0.5) is 4.39 Å². The molecule has 0 unspecified atom stereocenters. The second-order valence-electron chi connectivity index (χ2n) is 7.19. The van der Waals surface area contributed by atoms with Gasteiger partial charge in [-0.3, -0.25) is 4.79 Å². The van der Waals surface area contributed by atoms with Gasteiger partial charge in [-0.25, -0.2) is 12.8 Å². The van der Waals surface area contributed by atoms with Crippen LogP contribution < -0.4 is 4.74 Å². The number of carbonyl (C=O) groups excluding carboxylic acids is 1. The molecule has 1 aliphatic rings. The van der Waals surface area contributed by atoms with Crippen molar-refractivity contribution in [2.24, 2.45) is 0 Å². The van der Waals surface area contributed by atoms with E-state index in [1.54, 1.807) is 25.2 Å². The fourth-order valence-corrected chi connectivity index (χ4v) is 5.08. The quantitative estimate of drug-likeness (QED) is 0.640. The molecule has 1 fully saturated rings. The van der Waals surface area contributed by atoms with Crippen molar-refractivity contribution in [3.8, 4) is 5.75 Å². The topological polar surface area (TPSA) is 66.9 Å². The Morgan fingerprint density at radius 3 is 2.53 bits per heavy atom. The molecule has 2 aromatic carbocycles. The van der Waals surface area contributed by atoms with Gasteiger partial charge >= 0.3 is 0 Å². The highest BCUT2D eigenvalue weighted by atomic mass is 35.5. The maximum absolute atomic E-state index is 13.7. The average Bonchev–Trinajstić information content (AvgIpc) is 2.74. The number of hydrogen-bond acceptors (Lipinski definition) is 4. The molecule has 9 heteroatoms. The molecule has 0 atom stereocenters. The minimum absolute atomic E-state index is 0.102. The van der Waals surface area contributed by atoms with Gasteiger partial charge in [0.15, 0.2) is 6.61 Å². The molecule has 0 saturated carbocycles. The Hall–Kier alpha value is -2.16. The molecule has 1 saturated heterocycles. The lowest BCUT2D eigenvalue weighted by Gasteiger charge is -2.26. The number of hydrogen-bond donors (Lipinski definition) is 0. The Bertz CT molecular complexity index is 1010. The van der Waals surface area contributed by atoms with Crippen molar-refractivity contribution in [3.05, 3.63) is 58.9 Å². The van der Waals surface area contributed by atoms with Gasteiger partial charge in [-0.1, -0.05) is 36.2 Å². The maximum atomic E-state index is 13.7. The summed E-state index contributed by atoms with van der Waals surface area (Å²) in [5, 5.41) is 0.109. The summed E-state index contributed by atoms with van der Waals surface area (Å²) in [6, 6.07) is 10.4. The van der Waals surface area contributed by atoms with Gasteiger partial charge in [0.05, 0.1) is 9.92 Å². The van der Waals surface area contributed by atoms with Gasteiger partial charge in [0.1, 0.15) is 11.6 Å². The van der Waals surface area contributed by atoms with Crippen LogP contribution in [0.2, 0.25) is 5.02 Å². The van der Waals surface area contributed by atoms with Gasteiger partial charge < -0.3 is 9.64 Å². The van der Waals surface area contributed by atoms with Crippen LogP contribution in [-0.2, 0) is 21.4 Å². The predicted molar refractivity (Wildman–Crippen MR) is 112 cm³/mol. The van der Waals surface area contributed by atoms with E-state index in [0.717, 1.165) is 19.3 Å².